The molecule has 0 spiro atoms. The van der Waals surface area contributed by atoms with Crippen LogP contribution in [-0.4, -0.2) is 34.0 Å². The van der Waals surface area contributed by atoms with Crippen LogP contribution in [-0.2, 0) is 14.4 Å². The van der Waals surface area contributed by atoms with Crippen molar-refractivity contribution >= 4 is 23.7 Å². The Morgan fingerprint density at radius 2 is 1.62 bits per heavy atom. The minimum absolute atomic E-state index is 0.0113. The average molecular weight is 448 g/mol. The van der Waals surface area contributed by atoms with Crippen LogP contribution >= 0.6 is 0 Å². The highest BCUT2D eigenvalue weighted by molar-refractivity contribution is 5.98. The third-order valence-electron chi connectivity index (χ3n) is 5.51. The van der Waals surface area contributed by atoms with E-state index in [1.54, 1.807) is 17.6 Å². The van der Waals surface area contributed by atoms with Crippen LogP contribution in [0.2, 0.25) is 0 Å². The van der Waals surface area contributed by atoms with Gasteiger partial charge in [0.2, 0.25) is 11.8 Å². The molecular formula is C24H37N3O5. The number of rotatable bonds is 12. The highest BCUT2D eigenvalue weighted by Crippen LogP contribution is 2.45. The Morgan fingerprint density at radius 3 is 2.06 bits per heavy atom. The molecule has 178 valence electrons. The first-order chi connectivity index (χ1) is 15.0. The molecule has 0 radical (unpaired) electrons. The Hall–Kier alpha value is -2.55. The van der Waals surface area contributed by atoms with E-state index in [4.69, 9.17) is 5.84 Å². The summed E-state index contributed by atoms with van der Waals surface area (Å²) in [5.41, 5.74) is 2.95. The van der Waals surface area contributed by atoms with E-state index < -0.39 is 41.0 Å². The van der Waals surface area contributed by atoms with E-state index in [1.165, 1.54) is 6.92 Å². The Morgan fingerprint density at radius 1 is 1.03 bits per heavy atom. The van der Waals surface area contributed by atoms with Crippen molar-refractivity contribution < 1.29 is 24.7 Å². The summed E-state index contributed by atoms with van der Waals surface area (Å²) in [4.78, 5) is 39.4. The number of carbonyl (C=O) groups is 3. The van der Waals surface area contributed by atoms with Crippen molar-refractivity contribution in [1.82, 2.24) is 10.9 Å². The molecule has 0 bridgehead atoms. The second-order valence-corrected chi connectivity index (χ2v) is 9.12. The number of nitrogens with two attached hydrogens (primary N) is 1. The topological polar surface area (TPSA) is 142 Å². The molecule has 1 aromatic carbocycles. The van der Waals surface area contributed by atoms with Gasteiger partial charge in [0.25, 0.3) is 0 Å². The molecule has 1 rings (SSSR count). The van der Waals surface area contributed by atoms with Crippen molar-refractivity contribution in [2.24, 2.45) is 34.9 Å². The van der Waals surface area contributed by atoms with Crippen molar-refractivity contribution in [2.45, 2.75) is 53.6 Å². The molecule has 0 aliphatic heterocycles. The van der Waals surface area contributed by atoms with Crippen molar-refractivity contribution in [1.29, 1.82) is 0 Å². The first-order valence-corrected chi connectivity index (χ1v) is 10.9. The Kier molecular flexibility index (Phi) is 10.7. The molecule has 6 N–H and O–H groups in total. The van der Waals surface area contributed by atoms with Crippen LogP contribution in [0, 0.1) is 29.1 Å². The predicted octanol–water partition coefficient (Wildman–Crippen LogP) is 2.46. The summed E-state index contributed by atoms with van der Waals surface area (Å²) in [5.74, 6) is 0.910. The van der Waals surface area contributed by atoms with Gasteiger partial charge in [0.05, 0.1) is 17.3 Å². The zero-order chi connectivity index (χ0) is 24.5. The van der Waals surface area contributed by atoms with Crippen LogP contribution in [0.3, 0.4) is 0 Å². The monoisotopic (exact) mass is 447 g/mol. The number of aliphatic hydroxyl groups is 1. The summed E-state index contributed by atoms with van der Waals surface area (Å²) >= 11 is 0. The molecule has 1 aromatic rings. The molecule has 2 unspecified atom stereocenters. The number of aliphatic hydroxyl groups excluding tert-OH is 1. The van der Waals surface area contributed by atoms with Gasteiger partial charge < -0.3 is 5.11 Å². The van der Waals surface area contributed by atoms with Gasteiger partial charge in [0.15, 0.2) is 5.78 Å². The van der Waals surface area contributed by atoms with E-state index in [-0.39, 0.29) is 24.7 Å². The van der Waals surface area contributed by atoms with Gasteiger partial charge in [-0.15, -0.1) is 0 Å². The maximum Gasteiger partial charge on any atom is 0.248 e. The zero-order valence-corrected chi connectivity index (χ0v) is 19.5. The second kappa shape index (κ2) is 12.5. The average Bonchev–Trinajstić information content (AvgIpc) is 2.75. The molecular weight excluding hydrogens is 410 g/mol. The number of hydroxylamine groups is 1. The van der Waals surface area contributed by atoms with Gasteiger partial charge in [-0.3, -0.25) is 25.0 Å². The van der Waals surface area contributed by atoms with Crippen LogP contribution in [0.1, 0.15) is 53.0 Å². The lowest BCUT2D eigenvalue weighted by Crippen LogP contribution is -2.55. The van der Waals surface area contributed by atoms with Gasteiger partial charge in [-0.05, 0) is 37.2 Å². The zero-order valence-electron chi connectivity index (χ0n) is 19.5. The number of ketones is 1. The molecule has 0 heterocycles. The molecule has 4 atom stereocenters. The van der Waals surface area contributed by atoms with E-state index in [1.807, 2.05) is 58.0 Å². The number of hydrogen-bond acceptors (Lipinski definition) is 6. The van der Waals surface area contributed by atoms with Gasteiger partial charge in [-0.1, -0.05) is 70.2 Å². The molecule has 0 aliphatic rings. The second-order valence-electron chi connectivity index (χ2n) is 9.12. The molecule has 0 aliphatic carbocycles. The lowest BCUT2D eigenvalue weighted by Gasteiger charge is -2.41. The minimum atomic E-state index is -1.57. The van der Waals surface area contributed by atoms with Crippen molar-refractivity contribution in [3.8, 4) is 0 Å². The number of benzene rings is 1. The van der Waals surface area contributed by atoms with Crippen molar-refractivity contribution in [2.75, 3.05) is 0 Å². The number of carbonyl (C=O) groups excluding carboxylic acids is 3. The fourth-order valence-corrected chi connectivity index (χ4v) is 4.36. The smallest absolute Gasteiger partial charge is 0.248 e. The molecule has 8 heteroatoms. The number of hydrazine groups is 1. The van der Waals surface area contributed by atoms with E-state index in [0.29, 0.717) is 0 Å². The highest BCUT2D eigenvalue weighted by Gasteiger charge is 2.53. The fraction of sp³-hybridized carbons (Fsp3) is 0.542. The van der Waals surface area contributed by atoms with Crippen molar-refractivity contribution in [3.05, 3.63) is 42.0 Å². The number of allylic oxidation sites excluding steroid dienone is 1. The van der Waals surface area contributed by atoms with Gasteiger partial charge in [0.1, 0.15) is 6.10 Å². The third-order valence-corrected chi connectivity index (χ3v) is 5.51. The maximum absolute atomic E-state index is 13.6. The van der Waals surface area contributed by atoms with Gasteiger partial charge in [-0.2, -0.15) is 0 Å². The fourth-order valence-electron chi connectivity index (χ4n) is 4.36. The predicted molar refractivity (Wildman–Crippen MR) is 123 cm³/mol. The van der Waals surface area contributed by atoms with Crippen LogP contribution in [0.4, 0.5) is 0 Å². The van der Waals surface area contributed by atoms with E-state index in [9.17, 15) is 24.7 Å². The van der Waals surface area contributed by atoms with Crippen LogP contribution in [0.5, 0.6) is 0 Å². The number of hydrogen-bond donors (Lipinski definition) is 5. The van der Waals surface area contributed by atoms with E-state index in [0.717, 1.165) is 5.56 Å². The molecule has 0 fully saturated rings. The van der Waals surface area contributed by atoms with E-state index >= 15 is 0 Å². The minimum Gasteiger partial charge on any atom is -0.386 e. The number of amides is 2. The number of nitrogens with one attached hydrogen (secondary N) is 2. The molecule has 0 aromatic heterocycles. The normalized spacial score (nSPS) is 16.4. The molecule has 8 nitrogen and oxygen atoms in total. The Labute approximate surface area is 190 Å². The highest BCUT2D eigenvalue weighted by atomic mass is 16.5. The Bertz CT molecular complexity index is 792. The van der Waals surface area contributed by atoms with Crippen LogP contribution in [0.25, 0.3) is 6.08 Å². The standard InChI is InChI=1S/C24H37N3O5/c1-15(2)13-19(22(30)26-25)20(23(31)27-32)24(14-16(3)4,21(29)17(5)28)12-11-18-9-7-6-8-10-18/h6-12,15-17,19-20,28,32H,13-14,25H2,1-5H3,(H,26,30)(H,27,31)/b12-11+/t17?,19-,20-,24?/m1/s1. The molecule has 0 saturated heterocycles. The van der Waals surface area contributed by atoms with E-state index in [2.05, 4.69) is 5.43 Å². The third kappa shape index (κ3) is 6.98. The molecule has 32 heavy (non-hydrogen) atoms. The summed E-state index contributed by atoms with van der Waals surface area (Å²) in [6.45, 7) is 8.86. The van der Waals surface area contributed by atoms with Crippen molar-refractivity contribution in [3.63, 3.8) is 0 Å². The van der Waals surface area contributed by atoms with Gasteiger partial charge in [0, 0.05) is 0 Å². The molecule has 0 saturated carbocycles. The van der Waals surface area contributed by atoms with Gasteiger partial charge >= 0.3 is 0 Å². The summed E-state index contributed by atoms with van der Waals surface area (Å²) in [6.07, 6.45) is 2.31. The Balaban J connectivity index is 3.88. The quantitative estimate of drug-likeness (QED) is 0.144. The first kappa shape index (κ1) is 27.5. The summed E-state index contributed by atoms with van der Waals surface area (Å²) in [6, 6.07) is 9.20. The van der Waals surface area contributed by atoms with Crippen LogP contribution in [0.15, 0.2) is 36.4 Å². The van der Waals surface area contributed by atoms with Crippen LogP contribution < -0.4 is 16.7 Å². The summed E-state index contributed by atoms with van der Waals surface area (Å²) in [7, 11) is 0. The lowest BCUT2D eigenvalue weighted by atomic mass is 9.60. The number of Topliss-reactive ketones (excluding diaryl/α,β-unsaturated/α-hetero) is 1. The first-order valence-electron chi connectivity index (χ1n) is 10.9. The summed E-state index contributed by atoms with van der Waals surface area (Å²) < 4.78 is 0. The lowest BCUT2D eigenvalue weighted by molar-refractivity contribution is -0.154. The maximum atomic E-state index is 13.6. The van der Waals surface area contributed by atoms with Gasteiger partial charge in [-0.25, -0.2) is 11.3 Å². The SMILES string of the molecule is CC(C)C[C@@H](C(=O)NN)[C@H](C(=O)NO)C(/C=C/c1ccccc1)(CC(C)C)C(=O)C(C)O. The largest absolute Gasteiger partial charge is 0.386 e. The molecule has 2 amide bonds. The summed E-state index contributed by atoms with van der Waals surface area (Å²) in [5, 5.41) is 19.9.